The molecule has 1 N–H and O–H groups in total. The molecule has 0 saturated carbocycles. The fourth-order valence-electron chi connectivity index (χ4n) is 3.56. The van der Waals surface area contributed by atoms with E-state index in [0.29, 0.717) is 37.2 Å². The fourth-order valence-corrected chi connectivity index (χ4v) is 4.20. The Balaban J connectivity index is 1.47. The maximum absolute atomic E-state index is 13.2. The van der Waals surface area contributed by atoms with E-state index in [-0.39, 0.29) is 34.9 Å². The summed E-state index contributed by atoms with van der Waals surface area (Å²) in [6, 6.07) is 14.7. The smallest absolute Gasteiger partial charge is 0.270 e. The molecular formula is C23H21N3O5S. The van der Waals surface area contributed by atoms with Crippen LogP contribution in [0.2, 0.25) is 0 Å². The molecule has 1 aromatic heterocycles. The monoisotopic (exact) mass is 451 g/mol. The molecule has 1 aliphatic heterocycles. The number of nitro benzene ring substituents is 1. The summed E-state index contributed by atoms with van der Waals surface area (Å²) in [5, 5.41) is 17.9. The van der Waals surface area contributed by atoms with Gasteiger partial charge in [0.1, 0.15) is 11.5 Å². The highest BCUT2D eigenvalue weighted by Crippen LogP contribution is 2.30. The zero-order valence-electron chi connectivity index (χ0n) is 17.1. The minimum atomic E-state index is -0.532. The van der Waals surface area contributed by atoms with Crippen LogP contribution in [-0.4, -0.2) is 40.8 Å². The van der Waals surface area contributed by atoms with Crippen LogP contribution in [0.1, 0.15) is 33.6 Å². The zero-order valence-corrected chi connectivity index (χ0v) is 17.9. The average molecular weight is 452 g/mol. The third-order valence-corrected chi connectivity index (χ3v) is 5.96. The maximum Gasteiger partial charge on any atom is 0.270 e. The van der Waals surface area contributed by atoms with E-state index >= 15 is 0 Å². The van der Waals surface area contributed by atoms with Crippen LogP contribution in [0.4, 0.5) is 5.69 Å². The van der Waals surface area contributed by atoms with Crippen molar-refractivity contribution in [1.29, 1.82) is 0 Å². The van der Waals surface area contributed by atoms with Crippen LogP contribution in [-0.2, 0) is 0 Å². The van der Waals surface area contributed by atoms with Crippen LogP contribution in [0.25, 0.3) is 0 Å². The first-order valence-corrected chi connectivity index (χ1v) is 11.1. The highest BCUT2D eigenvalue weighted by atomic mass is 32.1. The molecule has 3 aromatic rings. The number of non-ortho nitro benzene ring substituents is 1. The number of nitrogens with one attached hydrogen (secondary N) is 1. The lowest BCUT2D eigenvalue weighted by atomic mass is 10.0. The number of amides is 2. The van der Waals surface area contributed by atoms with Crippen LogP contribution in [0, 0.1) is 10.1 Å². The highest BCUT2D eigenvalue weighted by Gasteiger charge is 2.28. The van der Waals surface area contributed by atoms with Crippen molar-refractivity contribution in [2.45, 2.75) is 18.9 Å². The van der Waals surface area contributed by atoms with Gasteiger partial charge in [0.2, 0.25) is 0 Å². The summed E-state index contributed by atoms with van der Waals surface area (Å²) in [4.78, 5) is 37.9. The summed E-state index contributed by atoms with van der Waals surface area (Å²) in [6.45, 7) is 0.863. The summed E-state index contributed by atoms with van der Waals surface area (Å²) in [5.41, 5.74) is 0.600. The van der Waals surface area contributed by atoms with Crippen LogP contribution in [0.3, 0.4) is 0 Å². The SMILES string of the molecule is O=C(NC1CCN(C(=O)c2cc([N+](=O)[O-])ccc2Oc2ccccc2)CC1)c1ccsc1. The second-order valence-electron chi connectivity index (χ2n) is 7.40. The predicted octanol–water partition coefficient (Wildman–Crippen LogP) is 4.48. The third-order valence-electron chi connectivity index (χ3n) is 5.28. The maximum atomic E-state index is 13.2. The highest BCUT2D eigenvalue weighted by molar-refractivity contribution is 7.08. The number of rotatable bonds is 6. The van der Waals surface area contributed by atoms with E-state index in [1.54, 1.807) is 40.6 Å². The lowest BCUT2D eigenvalue weighted by molar-refractivity contribution is -0.384. The number of nitro groups is 1. The summed E-state index contributed by atoms with van der Waals surface area (Å²) in [6.07, 6.45) is 1.21. The van der Waals surface area contributed by atoms with E-state index in [0.717, 1.165) is 0 Å². The number of ether oxygens (including phenoxy) is 1. The Hall–Kier alpha value is -3.72. The average Bonchev–Trinajstić information content (AvgIpc) is 3.35. The van der Waals surface area contributed by atoms with E-state index in [1.165, 1.54) is 29.5 Å². The molecule has 0 bridgehead atoms. The first kappa shape index (κ1) is 21.5. The first-order chi connectivity index (χ1) is 15.5. The van der Waals surface area contributed by atoms with Gasteiger partial charge in [-0.1, -0.05) is 18.2 Å². The Morgan fingerprint density at radius 3 is 2.50 bits per heavy atom. The number of likely N-dealkylation sites (tertiary alicyclic amines) is 1. The van der Waals surface area contributed by atoms with Crippen LogP contribution >= 0.6 is 11.3 Å². The topological polar surface area (TPSA) is 102 Å². The van der Waals surface area contributed by atoms with E-state index in [2.05, 4.69) is 5.32 Å². The van der Waals surface area contributed by atoms with Crippen molar-refractivity contribution in [3.63, 3.8) is 0 Å². The molecule has 1 aliphatic rings. The molecule has 32 heavy (non-hydrogen) atoms. The number of piperidine rings is 1. The van der Waals surface area contributed by atoms with Crippen LogP contribution < -0.4 is 10.1 Å². The summed E-state index contributed by atoms with van der Waals surface area (Å²) in [7, 11) is 0. The number of hydrogen-bond acceptors (Lipinski definition) is 6. The second-order valence-corrected chi connectivity index (χ2v) is 8.18. The van der Waals surface area contributed by atoms with Gasteiger partial charge in [-0.2, -0.15) is 11.3 Å². The van der Waals surface area contributed by atoms with Crippen molar-refractivity contribution in [2.24, 2.45) is 0 Å². The summed E-state index contributed by atoms with van der Waals surface area (Å²) >= 11 is 1.46. The molecule has 8 nitrogen and oxygen atoms in total. The lowest BCUT2D eigenvalue weighted by Gasteiger charge is -2.32. The molecule has 4 rings (SSSR count). The Morgan fingerprint density at radius 1 is 1.09 bits per heavy atom. The van der Waals surface area contributed by atoms with Gasteiger partial charge in [0.25, 0.3) is 17.5 Å². The largest absolute Gasteiger partial charge is 0.457 e. The molecule has 0 atom stereocenters. The van der Waals surface area contributed by atoms with Gasteiger partial charge >= 0.3 is 0 Å². The van der Waals surface area contributed by atoms with Crippen LogP contribution in [0.15, 0.2) is 65.4 Å². The van der Waals surface area contributed by atoms with Gasteiger partial charge < -0.3 is 15.0 Å². The predicted molar refractivity (Wildman–Crippen MR) is 120 cm³/mol. The molecule has 0 radical (unpaired) electrons. The van der Waals surface area contributed by atoms with Gasteiger partial charge in [-0.05, 0) is 42.5 Å². The standard InChI is InChI=1S/C23H21N3O5S/c27-22(16-10-13-32-15-16)24-17-8-11-25(12-9-17)23(28)20-14-18(26(29)30)6-7-21(20)31-19-4-2-1-3-5-19/h1-7,10,13-15,17H,8-9,11-12H2,(H,24,27). The normalized spacial score (nSPS) is 14.1. The van der Waals surface area contributed by atoms with Gasteiger partial charge in [0, 0.05) is 42.2 Å². The molecule has 0 unspecified atom stereocenters. The molecule has 2 aromatic carbocycles. The van der Waals surface area contributed by atoms with Crippen LogP contribution in [0.5, 0.6) is 11.5 Å². The van der Waals surface area contributed by atoms with Crippen molar-refractivity contribution in [2.75, 3.05) is 13.1 Å². The van der Waals surface area contributed by atoms with Crippen molar-refractivity contribution < 1.29 is 19.2 Å². The lowest BCUT2D eigenvalue weighted by Crippen LogP contribution is -2.46. The third kappa shape index (κ3) is 4.94. The summed E-state index contributed by atoms with van der Waals surface area (Å²) < 4.78 is 5.85. The quantitative estimate of drug-likeness (QED) is 0.440. The van der Waals surface area contributed by atoms with Crippen molar-refractivity contribution in [1.82, 2.24) is 10.2 Å². The Morgan fingerprint density at radius 2 is 1.84 bits per heavy atom. The van der Waals surface area contributed by atoms with E-state index in [4.69, 9.17) is 4.74 Å². The van der Waals surface area contributed by atoms with E-state index in [1.807, 2.05) is 11.4 Å². The van der Waals surface area contributed by atoms with Gasteiger partial charge in [-0.3, -0.25) is 19.7 Å². The number of nitrogens with zero attached hydrogens (tertiary/aromatic N) is 2. The fraction of sp³-hybridized carbons (Fsp3) is 0.217. The Kier molecular flexibility index (Phi) is 6.46. The number of benzene rings is 2. The van der Waals surface area contributed by atoms with Gasteiger partial charge in [-0.25, -0.2) is 0 Å². The molecule has 164 valence electrons. The first-order valence-electron chi connectivity index (χ1n) is 10.1. The van der Waals surface area contributed by atoms with Gasteiger partial charge in [0.05, 0.1) is 10.5 Å². The molecule has 2 heterocycles. The Bertz CT molecular complexity index is 1110. The number of carbonyl (C=O) groups is 2. The minimum absolute atomic E-state index is 0.0309. The number of para-hydroxylation sites is 1. The Labute approximate surface area is 188 Å². The number of thiophene rings is 1. The molecule has 0 aliphatic carbocycles. The molecular weight excluding hydrogens is 430 g/mol. The van der Waals surface area contributed by atoms with Crippen molar-refractivity contribution >= 4 is 28.8 Å². The van der Waals surface area contributed by atoms with E-state index < -0.39 is 4.92 Å². The molecule has 2 amide bonds. The van der Waals surface area contributed by atoms with Gasteiger partial charge in [-0.15, -0.1) is 0 Å². The molecule has 1 saturated heterocycles. The summed E-state index contributed by atoms with van der Waals surface area (Å²) in [5.74, 6) is 0.348. The number of carbonyl (C=O) groups excluding carboxylic acids is 2. The molecule has 9 heteroatoms. The van der Waals surface area contributed by atoms with Crippen molar-refractivity contribution in [3.8, 4) is 11.5 Å². The zero-order chi connectivity index (χ0) is 22.5. The molecule has 1 fully saturated rings. The number of hydrogen-bond donors (Lipinski definition) is 1. The van der Waals surface area contributed by atoms with Gasteiger partial charge in [0.15, 0.2) is 0 Å². The second kappa shape index (κ2) is 9.61. The minimum Gasteiger partial charge on any atom is -0.457 e. The van der Waals surface area contributed by atoms with E-state index in [9.17, 15) is 19.7 Å². The van der Waals surface area contributed by atoms with Crippen molar-refractivity contribution in [3.05, 3.63) is 86.6 Å². The molecule has 0 spiro atoms.